The van der Waals surface area contributed by atoms with Crippen molar-refractivity contribution in [1.82, 2.24) is 24.6 Å². The Morgan fingerprint density at radius 1 is 0.968 bits per heavy atom. The Balaban J connectivity index is 1.22. The molecule has 1 aliphatic carbocycles. The van der Waals surface area contributed by atoms with E-state index in [9.17, 15) is 9.59 Å². The normalized spacial score (nSPS) is 16.4. The molecule has 8 heteroatoms. The number of hydrogen-bond donors (Lipinski definition) is 0. The molecular formula is C23H24N6O2. The molecule has 5 rings (SSSR count). The molecule has 2 fully saturated rings. The zero-order chi connectivity index (χ0) is 21.2. The summed E-state index contributed by atoms with van der Waals surface area (Å²) in [6.45, 7) is 2.52. The quantitative estimate of drug-likeness (QED) is 0.632. The first kappa shape index (κ1) is 19.4. The van der Waals surface area contributed by atoms with E-state index in [0.29, 0.717) is 32.1 Å². The zero-order valence-electron chi connectivity index (χ0n) is 17.2. The summed E-state index contributed by atoms with van der Waals surface area (Å²) in [5, 5.41) is 4.40. The van der Waals surface area contributed by atoms with E-state index < -0.39 is 0 Å². The molecule has 3 heterocycles. The lowest BCUT2D eigenvalue weighted by molar-refractivity contribution is -0.132. The van der Waals surface area contributed by atoms with Crippen molar-refractivity contribution in [1.29, 1.82) is 0 Å². The van der Waals surface area contributed by atoms with Gasteiger partial charge in [0.25, 0.3) is 5.56 Å². The second kappa shape index (κ2) is 8.29. The highest BCUT2D eigenvalue weighted by Crippen LogP contribution is 2.38. The topological polar surface area (TPSA) is 84.2 Å². The number of aromatic nitrogens is 4. The average Bonchev–Trinajstić information content (AvgIpc) is 3.67. The molecule has 1 aliphatic heterocycles. The lowest BCUT2D eigenvalue weighted by atomic mass is 10.1. The summed E-state index contributed by atoms with van der Waals surface area (Å²) in [6, 6.07) is 15.3. The molecular weight excluding hydrogens is 392 g/mol. The van der Waals surface area contributed by atoms with Crippen LogP contribution in [0.1, 0.15) is 24.5 Å². The predicted octanol–water partition coefficient (Wildman–Crippen LogP) is 1.93. The van der Waals surface area contributed by atoms with Crippen LogP contribution in [0, 0.1) is 0 Å². The number of benzene rings is 1. The minimum Gasteiger partial charge on any atom is -0.353 e. The van der Waals surface area contributed by atoms with Gasteiger partial charge >= 0.3 is 0 Å². The predicted molar refractivity (Wildman–Crippen MR) is 117 cm³/mol. The van der Waals surface area contributed by atoms with Gasteiger partial charge in [0.1, 0.15) is 18.7 Å². The van der Waals surface area contributed by atoms with Gasteiger partial charge in [-0.2, -0.15) is 5.10 Å². The molecule has 8 nitrogen and oxygen atoms in total. The molecule has 31 heavy (non-hydrogen) atoms. The molecule has 0 radical (unpaired) electrons. The van der Waals surface area contributed by atoms with E-state index in [2.05, 4.69) is 20.0 Å². The van der Waals surface area contributed by atoms with E-state index in [-0.39, 0.29) is 18.0 Å². The van der Waals surface area contributed by atoms with E-state index in [1.165, 1.54) is 10.7 Å². The number of piperazine rings is 1. The Morgan fingerprint density at radius 2 is 1.74 bits per heavy atom. The molecule has 1 saturated heterocycles. The lowest BCUT2D eigenvalue weighted by Gasteiger charge is -2.35. The van der Waals surface area contributed by atoms with Crippen LogP contribution in [-0.4, -0.2) is 56.7 Å². The van der Waals surface area contributed by atoms with Crippen LogP contribution in [-0.2, 0) is 11.3 Å². The monoisotopic (exact) mass is 416 g/mol. The molecule has 0 atom stereocenters. The fraction of sp³-hybridized carbons (Fsp3) is 0.348. The van der Waals surface area contributed by atoms with Gasteiger partial charge in [-0.05, 0) is 18.9 Å². The molecule has 0 bridgehead atoms. The SMILES string of the molecule is O=C(Cn1nc(C2CC2)ccc1=O)N1CCN(c2cc(-c3ccccc3)ncn2)CC1. The highest BCUT2D eigenvalue weighted by Gasteiger charge is 2.27. The molecule has 1 saturated carbocycles. The van der Waals surface area contributed by atoms with Crippen molar-refractivity contribution in [3.8, 4) is 11.3 Å². The number of carbonyl (C=O) groups excluding carboxylic acids is 1. The molecule has 1 aromatic carbocycles. The first-order chi connectivity index (χ1) is 15.2. The van der Waals surface area contributed by atoms with Gasteiger partial charge in [0.15, 0.2) is 0 Å². The Labute approximate surface area is 180 Å². The summed E-state index contributed by atoms with van der Waals surface area (Å²) >= 11 is 0. The zero-order valence-corrected chi connectivity index (χ0v) is 17.2. The fourth-order valence-corrected chi connectivity index (χ4v) is 3.87. The van der Waals surface area contributed by atoms with Crippen LogP contribution < -0.4 is 10.5 Å². The largest absolute Gasteiger partial charge is 0.353 e. The summed E-state index contributed by atoms with van der Waals surface area (Å²) in [6.07, 6.45) is 3.80. The van der Waals surface area contributed by atoms with Crippen LogP contribution in [0.3, 0.4) is 0 Å². The third-order valence-corrected chi connectivity index (χ3v) is 5.85. The van der Waals surface area contributed by atoms with Crippen LogP contribution >= 0.6 is 0 Å². The fourth-order valence-electron chi connectivity index (χ4n) is 3.87. The van der Waals surface area contributed by atoms with Gasteiger partial charge in [-0.1, -0.05) is 30.3 Å². The Morgan fingerprint density at radius 3 is 2.48 bits per heavy atom. The molecule has 3 aromatic rings. The van der Waals surface area contributed by atoms with Gasteiger partial charge in [0.05, 0.1) is 11.4 Å². The first-order valence-electron chi connectivity index (χ1n) is 10.7. The van der Waals surface area contributed by atoms with Gasteiger partial charge in [-0.25, -0.2) is 14.6 Å². The first-order valence-corrected chi connectivity index (χ1v) is 10.7. The van der Waals surface area contributed by atoms with E-state index >= 15 is 0 Å². The smallest absolute Gasteiger partial charge is 0.267 e. The number of nitrogens with zero attached hydrogens (tertiary/aromatic N) is 6. The molecule has 1 amide bonds. The van der Waals surface area contributed by atoms with Crippen LogP contribution in [0.15, 0.2) is 59.7 Å². The second-order valence-electron chi connectivity index (χ2n) is 8.02. The van der Waals surface area contributed by atoms with Gasteiger partial charge in [-0.15, -0.1) is 0 Å². The molecule has 0 N–H and O–H groups in total. The number of rotatable bonds is 5. The minimum absolute atomic E-state index is 0.00887. The second-order valence-corrected chi connectivity index (χ2v) is 8.02. The molecule has 158 valence electrons. The van der Waals surface area contributed by atoms with Crippen molar-refractivity contribution in [2.24, 2.45) is 0 Å². The summed E-state index contributed by atoms with van der Waals surface area (Å²) in [7, 11) is 0. The highest BCUT2D eigenvalue weighted by molar-refractivity contribution is 5.76. The summed E-state index contributed by atoms with van der Waals surface area (Å²) in [5.74, 6) is 1.23. The van der Waals surface area contributed by atoms with Crippen LogP contribution in [0.2, 0.25) is 0 Å². The Bertz CT molecular complexity index is 1130. The molecule has 0 unspecified atom stereocenters. The number of carbonyl (C=O) groups is 1. The number of amides is 1. The van der Waals surface area contributed by atoms with Crippen molar-refractivity contribution in [3.05, 3.63) is 70.9 Å². The van der Waals surface area contributed by atoms with Gasteiger partial charge < -0.3 is 9.80 Å². The van der Waals surface area contributed by atoms with Crippen LogP contribution in [0.5, 0.6) is 0 Å². The summed E-state index contributed by atoms with van der Waals surface area (Å²) < 4.78 is 1.30. The Hall–Kier alpha value is -3.55. The van der Waals surface area contributed by atoms with Crippen LogP contribution in [0.25, 0.3) is 11.3 Å². The van der Waals surface area contributed by atoms with Gasteiger partial charge in [0.2, 0.25) is 5.91 Å². The van der Waals surface area contributed by atoms with E-state index in [0.717, 1.165) is 35.6 Å². The lowest BCUT2D eigenvalue weighted by Crippen LogP contribution is -2.50. The van der Waals surface area contributed by atoms with E-state index in [1.54, 1.807) is 17.3 Å². The highest BCUT2D eigenvalue weighted by atomic mass is 16.2. The van der Waals surface area contributed by atoms with E-state index in [4.69, 9.17) is 0 Å². The summed E-state index contributed by atoms with van der Waals surface area (Å²) in [5.41, 5.74) is 2.61. The number of hydrogen-bond acceptors (Lipinski definition) is 6. The molecule has 2 aliphatic rings. The molecule has 0 spiro atoms. The minimum atomic E-state index is -0.231. The van der Waals surface area contributed by atoms with Gasteiger partial charge in [0, 0.05) is 49.8 Å². The van der Waals surface area contributed by atoms with Crippen molar-refractivity contribution in [2.75, 3.05) is 31.1 Å². The maximum atomic E-state index is 12.8. The van der Waals surface area contributed by atoms with Crippen molar-refractivity contribution >= 4 is 11.7 Å². The Kier molecular flexibility index (Phi) is 5.19. The number of anilines is 1. The standard InChI is InChI=1S/C23H24N6O2/c30-22-9-8-19(18-6-7-18)26-29(22)15-23(31)28-12-10-27(11-13-28)21-14-20(24-16-25-21)17-4-2-1-3-5-17/h1-5,8-9,14,16,18H,6-7,10-13,15H2. The van der Waals surface area contributed by atoms with Crippen molar-refractivity contribution in [3.63, 3.8) is 0 Å². The molecule has 2 aromatic heterocycles. The van der Waals surface area contributed by atoms with Gasteiger partial charge in [-0.3, -0.25) is 9.59 Å². The van der Waals surface area contributed by atoms with Crippen LogP contribution in [0.4, 0.5) is 5.82 Å². The third kappa shape index (κ3) is 4.33. The van der Waals surface area contributed by atoms with E-state index in [1.807, 2.05) is 36.4 Å². The maximum Gasteiger partial charge on any atom is 0.267 e. The van der Waals surface area contributed by atoms with Crippen molar-refractivity contribution < 1.29 is 4.79 Å². The maximum absolute atomic E-state index is 12.8. The summed E-state index contributed by atoms with van der Waals surface area (Å²) in [4.78, 5) is 37.7. The average molecular weight is 416 g/mol. The van der Waals surface area contributed by atoms with Crippen molar-refractivity contribution in [2.45, 2.75) is 25.3 Å². The third-order valence-electron chi connectivity index (χ3n) is 5.85.